The van der Waals surface area contributed by atoms with E-state index in [2.05, 4.69) is 0 Å². The summed E-state index contributed by atoms with van der Waals surface area (Å²) in [6.07, 6.45) is 0.143. The molecule has 29 heavy (non-hydrogen) atoms. The molecule has 2 aliphatic rings. The normalized spacial score (nSPS) is 29.9. The topological polar surface area (TPSA) is 0 Å². The monoisotopic (exact) mass is 408 g/mol. The van der Waals surface area contributed by atoms with E-state index in [1.165, 1.54) is 6.07 Å². The van der Waals surface area contributed by atoms with Crippen LogP contribution in [0.15, 0.2) is 24.3 Å². The molecule has 2 aromatic carbocycles. The lowest BCUT2D eigenvalue weighted by molar-refractivity contribution is 0.183. The highest BCUT2D eigenvalue weighted by Gasteiger charge is 2.31. The predicted molar refractivity (Wildman–Crippen MR) is 108 cm³/mol. The number of hydrogen-bond donors (Lipinski definition) is 0. The van der Waals surface area contributed by atoms with Crippen molar-refractivity contribution in [3.63, 3.8) is 0 Å². The highest BCUT2D eigenvalue weighted by molar-refractivity contribution is 5.66. The van der Waals surface area contributed by atoms with Crippen molar-refractivity contribution >= 4 is 0 Å². The van der Waals surface area contributed by atoms with Gasteiger partial charge in [0, 0.05) is 11.0 Å². The van der Waals surface area contributed by atoms with Crippen LogP contribution in [-0.4, -0.2) is 0 Å². The Kier molecular flexibility index (Phi) is 4.66. The molecule has 1 unspecified atom stereocenters. The van der Waals surface area contributed by atoms with Gasteiger partial charge in [-0.05, 0) is 78.7 Å². The van der Waals surface area contributed by atoms with E-state index in [0.717, 1.165) is 24.1 Å². The zero-order chi connectivity index (χ0) is 24.1. The first-order valence-corrected chi connectivity index (χ1v) is 10.4. The molecule has 0 N–H and O–H groups in total. The van der Waals surface area contributed by atoms with Crippen molar-refractivity contribution in [2.24, 2.45) is 17.8 Å². The number of hydrogen-bond acceptors (Lipinski definition) is 0. The summed E-state index contributed by atoms with van der Waals surface area (Å²) in [5.41, 5.74) is 1.16. The molecule has 0 aliphatic heterocycles. The predicted octanol–water partition coefficient (Wildman–Crippen LogP) is 7.62. The fourth-order valence-electron chi connectivity index (χ4n) is 4.73. The summed E-state index contributed by atoms with van der Waals surface area (Å²) >= 11 is 0. The van der Waals surface area contributed by atoms with Gasteiger partial charge in [-0.15, -0.1) is 0 Å². The molecule has 0 spiro atoms. The molecule has 156 valence electrons. The van der Waals surface area contributed by atoms with E-state index in [1.807, 2.05) is 6.92 Å². The Hall–Kier alpha value is -1.84. The Morgan fingerprint density at radius 2 is 1.62 bits per heavy atom. The van der Waals surface area contributed by atoms with Crippen molar-refractivity contribution in [2.45, 2.75) is 64.6 Å². The summed E-state index contributed by atoms with van der Waals surface area (Å²) in [5.74, 6) is -5.63. The second kappa shape index (κ2) is 8.49. The summed E-state index contributed by atoms with van der Waals surface area (Å²) in [6, 6.07) is 4.73. The molecule has 0 heterocycles. The Labute approximate surface area is 176 Å². The highest BCUT2D eigenvalue weighted by atomic mass is 19.2. The van der Waals surface area contributed by atoms with Gasteiger partial charge in [-0.25, -0.2) is 17.6 Å². The van der Waals surface area contributed by atoms with Crippen LogP contribution in [0.3, 0.4) is 0 Å². The van der Waals surface area contributed by atoms with Crippen molar-refractivity contribution in [3.8, 4) is 11.1 Å². The second-order valence-corrected chi connectivity index (χ2v) is 8.24. The number of fused-ring (bicyclic) bond motifs is 1. The van der Waals surface area contributed by atoms with Crippen LogP contribution in [0.4, 0.5) is 17.6 Å². The zero-order valence-corrected chi connectivity index (χ0v) is 16.5. The Bertz CT molecular complexity index is 1010. The fourth-order valence-corrected chi connectivity index (χ4v) is 4.73. The smallest absolute Gasteiger partial charge is 0.194 e. The first-order chi connectivity index (χ1) is 15.4. The maximum atomic E-state index is 15.3. The minimum atomic E-state index is -1.59. The van der Waals surface area contributed by atoms with E-state index in [4.69, 9.17) is 5.48 Å². The van der Waals surface area contributed by atoms with E-state index >= 15 is 4.39 Å². The van der Waals surface area contributed by atoms with Crippen LogP contribution in [0.1, 0.15) is 68.4 Å². The van der Waals surface area contributed by atoms with Gasteiger partial charge in [-0.2, -0.15) is 0 Å². The van der Waals surface area contributed by atoms with E-state index in [9.17, 15) is 13.2 Å². The molecule has 0 saturated heterocycles. The molecule has 0 aromatic heterocycles. The summed E-state index contributed by atoms with van der Waals surface area (Å²) in [7, 11) is 0. The molecule has 2 aliphatic carbocycles. The van der Waals surface area contributed by atoms with Crippen LogP contribution < -0.4 is 0 Å². The molecule has 0 bridgehead atoms. The van der Waals surface area contributed by atoms with Crippen LogP contribution in [0.5, 0.6) is 0 Å². The quantitative estimate of drug-likeness (QED) is 0.360. The third-order valence-electron chi connectivity index (χ3n) is 6.38. The lowest BCUT2D eigenvalue weighted by Crippen LogP contribution is -2.27. The van der Waals surface area contributed by atoms with Crippen LogP contribution >= 0.6 is 0 Å². The third-order valence-corrected chi connectivity index (χ3v) is 6.38. The largest absolute Gasteiger partial charge is 0.206 e. The van der Waals surface area contributed by atoms with Crippen LogP contribution in [0, 0.1) is 41.0 Å². The average Bonchev–Trinajstić information content (AvgIpc) is 2.73. The van der Waals surface area contributed by atoms with Gasteiger partial charge >= 0.3 is 0 Å². The van der Waals surface area contributed by atoms with Gasteiger partial charge in [0.05, 0.1) is 0 Å². The van der Waals surface area contributed by atoms with Crippen molar-refractivity contribution in [3.05, 3.63) is 58.7 Å². The van der Waals surface area contributed by atoms with Gasteiger partial charge in [0.15, 0.2) is 17.5 Å². The lowest BCUT2D eigenvalue weighted by Gasteiger charge is -2.36. The fraction of sp³-hybridized carbons (Fsp3) is 0.520. The third kappa shape index (κ3) is 4.08. The molecule has 0 radical (unpaired) electrons. The Balaban J connectivity index is 1.58. The van der Waals surface area contributed by atoms with Gasteiger partial charge in [0.1, 0.15) is 5.82 Å². The average molecular weight is 409 g/mol. The van der Waals surface area contributed by atoms with Crippen molar-refractivity contribution < 1.29 is 23.0 Å². The van der Waals surface area contributed by atoms with Crippen LogP contribution in [0.25, 0.3) is 11.1 Å². The number of benzene rings is 2. The van der Waals surface area contributed by atoms with Gasteiger partial charge in [-0.3, -0.25) is 0 Å². The molecule has 1 atom stereocenters. The molecule has 2 aromatic rings. The van der Waals surface area contributed by atoms with E-state index in [-0.39, 0.29) is 23.0 Å². The van der Waals surface area contributed by atoms with Crippen molar-refractivity contribution in [1.82, 2.24) is 0 Å². The van der Waals surface area contributed by atoms with E-state index in [1.54, 1.807) is 6.07 Å². The van der Waals surface area contributed by atoms with E-state index in [0.29, 0.717) is 44.1 Å². The van der Waals surface area contributed by atoms with E-state index < -0.39 is 41.9 Å². The second-order valence-electron chi connectivity index (χ2n) is 8.24. The van der Waals surface area contributed by atoms with Crippen molar-refractivity contribution in [2.75, 3.05) is 0 Å². The van der Waals surface area contributed by atoms with Crippen molar-refractivity contribution in [1.29, 1.82) is 0 Å². The number of halogens is 4. The van der Waals surface area contributed by atoms with Crippen LogP contribution in [-0.2, 0) is 12.8 Å². The summed E-state index contributed by atoms with van der Waals surface area (Å²) in [5, 5.41) is 0. The minimum absolute atomic E-state index is 0.0118. The molecular formula is C25H28F4. The zero-order valence-electron chi connectivity index (χ0n) is 20.5. The number of rotatable bonds is 4. The SMILES string of the molecule is [2H]C1([2H])CC(C2CCc3c(ccc(-c4cc(F)c(F)c(F)c4)c3F)C2)CC([2H])([2H])C1CCC. The molecule has 4 heteroatoms. The molecule has 1 saturated carbocycles. The maximum absolute atomic E-state index is 15.3. The maximum Gasteiger partial charge on any atom is 0.194 e. The summed E-state index contributed by atoms with van der Waals surface area (Å²) in [6.45, 7) is 1.94. The van der Waals surface area contributed by atoms with Crippen LogP contribution in [0.2, 0.25) is 0 Å². The molecule has 4 rings (SSSR count). The molecule has 0 nitrogen and oxygen atoms in total. The van der Waals surface area contributed by atoms with Gasteiger partial charge in [0.25, 0.3) is 0 Å². The van der Waals surface area contributed by atoms with Gasteiger partial charge < -0.3 is 0 Å². The Morgan fingerprint density at radius 1 is 0.931 bits per heavy atom. The lowest BCUT2D eigenvalue weighted by atomic mass is 9.69. The first-order valence-electron chi connectivity index (χ1n) is 12.4. The highest BCUT2D eigenvalue weighted by Crippen LogP contribution is 2.42. The minimum Gasteiger partial charge on any atom is -0.206 e. The standard InChI is InChI=1S/C25H28F4/c1-2-3-15-4-6-16(7-5-15)17-8-10-20-18(12-17)9-11-21(24(20)28)19-13-22(26)25(29)23(27)14-19/h9,11,13-17H,2-8,10,12H2,1H3/i4D2,5D2. The van der Waals surface area contributed by atoms with Gasteiger partial charge in [-0.1, -0.05) is 44.6 Å². The molecular weight excluding hydrogens is 376 g/mol. The molecule has 1 fully saturated rings. The molecule has 0 amide bonds. The van der Waals surface area contributed by atoms with Gasteiger partial charge in [0.2, 0.25) is 0 Å². The summed E-state index contributed by atoms with van der Waals surface area (Å²) < 4.78 is 90.0. The Morgan fingerprint density at radius 3 is 2.28 bits per heavy atom. The summed E-state index contributed by atoms with van der Waals surface area (Å²) in [4.78, 5) is 0. The first kappa shape index (κ1) is 15.9.